The van der Waals surface area contributed by atoms with Crippen molar-refractivity contribution in [2.24, 2.45) is 28.6 Å². The smallest absolute Gasteiger partial charge is 0.331 e. The van der Waals surface area contributed by atoms with Gasteiger partial charge in [0.05, 0.1) is 41.5 Å². The molecule has 282 valence electrons. The summed E-state index contributed by atoms with van der Waals surface area (Å²) in [7, 11) is 1.51. The zero-order chi connectivity index (χ0) is 35.8. The van der Waals surface area contributed by atoms with Gasteiger partial charge in [0.2, 0.25) is 0 Å². The lowest BCUT2D eigenvalue weighted by Crippen LogP contribution is -2.69. The van der Waals surface area contributed by atoms with Crippen LogP contribution in [0, 0.1) is 28.6 Å². The average molecular weight is 711 g/mol. The minimum Gasteiger partial charge on any atom is -0.458 e. The van der Waals surface area contributed by atoms with Gasteiger partial charge < -0.3 is 63.9 Å². The van der Waals surface area contributed by atoms with Gasteiger partial charge in [-0.1, -0.05) is 6.92 Å². The summed E-state index contributed by atoms with van der Waals surface area (Å²) in [6.45, 7) is 3.57. The molecular formula is C36H54O14. The Bertz CT molecular complexity index is 1330. The summed E-state index contributed by atoms with van der Waals surface area (Å²) < 4.78 is 35.2. The third kappa shape index (κ3) is 5.55. The molecule has 7 rings (SSSR count). The summed E-state index contributed by atoms with van der Waals surface area (Å²) in [5.74, 6) is -0.635. The Kier molecular flexibility index (Phi) is 9.84. The van der Waals surface area contributed by atoms with Crippen LogP contribution in [0.1, 0.15) is 78.1 Å². The minimum absolute atomic E-state index is 0.0352. The van der Waals surface area contributed by atoms with Gasteiger partial charge in [0, 0.05) is 31.4 Å². The first-order chi connectivity index (χ1) is 23.7. The predicted octanol–water partition coefficient (Wildman–Crippen LogP) is 0.258. The number of cyclic esters (lactones) is 1. The Morgan fingerprint density at radius 1 is 0.960 bits per heavy atom. The molecule has 6 fully saturated rings. The maximum atomic E-state index is 13.2. The second-order valence-electron chi connectivity index (χ2n) is 16.3. The van der Waals surface area contributed by atoms with Crippen LogP contribution in [0.4, 0.5) is 0 Å². The normalized spacial score (nSPS) is 53.5. The monoisotopic (exact) mass is 710 g/mol. The molecule has 3 heterocycles. The zero-order valence-electron chi connectivity index (χ0n) is 29.1. The Morgan fingerprint density at radius 3 is 2.40 bits per heavy atom. The van der Waals surface area contributed by atoms with Crippen molar-refractivity contribution in [2.45, 2.75) is 151 Å². The van der Waals surface area contributed by atoms with E-state index in [0.717, 1.165) is 18.3 Å². The second-order valence-corrected chi connectivity index (χ2v) is 16.3. The number of aliphatic hydroxyl groups is 6. The van der Waals surface area contributed by atoms with E-state index >= 15 is 0 Å². The van der Waals surface area contributed by atoms with Crippen molar-refractivity contribution in [3.63, 3.8) is 0 Å². The average Bonchev–Trinajstić information content (AvgIpc) is 3.64. The molecule has 3 aliphatic heterocycles. The van der Waals surface area contributed by atoms with Crippen molar-refractivity contribution in [3.05, 3.63) is 11.6 Å². The predicted molar refractivity (Wildman–Crippen MR) is 171 cm³/mol. The number of carbonyl (C=O) groups is 2. The molecule has 0 aromatic heterocycles. The van der Waals surface area contributed by atoms with Crippen molar-refractivity contribution in [3.8, 4) is 0 Å². The number of methoxy groups -OCH3 is 1. The van der Waals surface area contributed by atoms with Gasteiger partial charge in [0.1, 0.15) is 43.4 Å². The van der Waals surface area contributed by atoms with E-state index in [1.807, 2.05) is 0 Å². The molecule has 17 atom stereocenters. The van der Waals surface area contributed by atoms with E-state index in [1.165, 1.54) is 7.11 Å². The van der Waals surface area contributed by atoms with Crippen LogP contribution in [0.15, 0.2) is 11.6 Å². The van der Waals surface area contributed by atoms with Gasteiger partial charge in [-0.2, -0.15) is 0 Å². The van der Waals surface area contributed by atoms with E-state index < -0.39 is 90.1 Å². The van der Waals surface area contributed by atoms with Crippen LogP contribution in [0.2, 0.25) is 0 Å². The molecule has 4 aliphatic carbocycles. The third-order valence-corrected chi connectivity index (χ3v) is 14.2. The summed E-state index contributed by atoms with van der Waals surface area (Å²) in [4.78, 5) is 25.1. The topological polar surface area (TPSA) is 211 Å². The fourth-order valence-electron chi connectivity index (χ4n) is 11.5. The maximum Gasteiger partial charge on any atom is 0.331 e. The number of aliphatic hydroxyl groups excluding tert-OH is 4. The van der Waals surface area contributed by atoms with Crippen LogP contribution in [0.5, 0.6) is 0 Å². The quantitative estimate of drug-likeness (QED) is 0.113. The highest BCUT2D eigenvalue weighted by Crippen LogP contribution is 2.70. The van der Waals surface area contributed by atoms with Crippen molar-refractivity contribution in [1.82, 2.24) is 0 Å². The molecule has 2 saturated heterocycles. The Hall–Kier alpha value is -1.56. The number of carbonyl (C=O) groups excluding carboxylic acids is 2. The van der Waals surface area contributed by atoms with E-state index in [2.05, 4.69) is 6.92 Å². The molecule has 4 saturated carbocycles. The van der Waals surface area contributed by atoms with Gasteiger partial charge in [0.15, 0.2) is 12.6 Å². The van der Waals surface area contributed by atoms with Crippen molar-refractivity contribution in [2.75, 3.05) is 20.3 Å². The third-order valence-electron chi connectivity index (χ3n) is 14.2. The largest absolute Gasteiger partial charge is 0.458 e. The summed E-state index contributed by atoms with van der Waals surface area (Å²) in [6, 6.07) is 0. The van der Waals surface area contributed by atoms with E-state index in [1.54, 1.807) is 13.0 Å². The highest BCUT2D eigenvalue weighted by Gasteiger charge is 2.71. The first kappa shape index (κ1) is 36.8. The van der Waals surface area contributed by atoms with Gasteiger partial charge in [-0.25, -0.2) is 4.79 Å². The van der Waals surface area contributed by atoms with Crippen LogP contribution in [-0.4, -0.2) is 136 Å². The highest BCUT2D eigenvalue weighted by atomic mass is 16.7. The van der Waals surface area contributed by atoms with Crippen molar-refractivity contribution in [1.29, 1.82) is 0 Å². The molecule has 0 spiro atoms. The van der Waals surface area contributed by atoms with Gasteiger partial charge in [-0.05, 0) is 81.6 Å². The van der Waals surface area contributed by atoms with E-state index in [4.69, 9.17) is 28.4 Å². The summed E-state index contributed by atoms with van der Waals surface area (Å²) in [6.07, 6.45) is -2.52. The summed E-state index contributed by atoms with van der Waals surface area (Å²) in [5.41, 5.74) is -2.86. The van der Waals surface area contributed by atoms with Crippen LogP contribution >= 0.6 is 0 Å². The zero-order valence-corrected chi connectivity index (χ0v) is 29.1. The Morgan fingerprint density at radius 2 is 1.72 bits per heavy atom. The van der Waals surface area contributed by atoms with Gasteiger partial charge >= 0.3 is 5.97 Å². The lowest BCUT2D eigenvalue weighted by atomic mass is 9.41. The standard InChI is InChI=1S/C36H54O14/c1-18-31(50-32-30(42)29(41)28(40)25(15-37)49-32)24(45-3)13-27(47-18)48-20-4-9-34(17-38)22-5-8-33(2)21(19-12-26(39)46-16-19)7-11-36(33,44)23(22)6-10-35(34,43)14-20/h12,17-18,20-25,27-32,37,40-44H,4-11,13-16H2,1-3H3/t18-,20?,21?,22?,23?,24+,25+,27+,28+,29+,30+,31?,32-,33?,34?,35?,36-/m1/s1. The number of hydrogen-bond acceptors (Lipinski definition) is 14. The van der Waals surface area contributed by atoms with Crippen LogP contribution in [0.25, 0.3) is 0 Å². The first-order valence-electron chi connectivity index (χ1n) is 18.3. The van der Waals surface area contributed by atoms with Gasteiger partial charge in [-0.15, -0.1) is 0 Å². The molecule has 8 unspecified atom stereocenters. The number of ether oxygens (including phenoxy) is 6. The molecule has 14 nitrogen and oxygen atoms in total. The highest BCUT2D eigenvalue weighted by molar-refractivity contribution is 5.85. The molecule has 0 aromatic rings. The maximum absolute atomic E-state index is 13.2. The fraction of sp³-hybridized carbons (Fsp3) is 0.889. The van der Waals surface area contributed by atoms with Crippen molar-refractivity contribution < 1.29 is 68.6 Å². The number of aldehydes is 1. The van der Waals surface area contributed by atoms with E-state index in [9.17, 15) is 40.2 Å². The molecular weight excluding hydrogens is 656 g/mol. The SMILES string of the molecule is CO[C@H]1C[C@H](OC2CCC3(C=O)C4CCC5(C)C(C6=CC(=O)OC6)CC[C@@]5(O)C4CCC3(O)C2)O[C@H](C)C1O[C@H]1O[C@@H](CO)[C@H](O)[C@H](O)[C@@H]1O. The molecule has 0 radical (unpaired) electrons. The van der Waals surface area contributed by atoms with Crippen LogP contribution < -0.4 is 0 Å². The lowest BCUT2D eigenvalue weighted by Gasteiger charge is -2.65. The van der Waals surface area contributed by atoms with Crippen molar-refractivity contribution >= 4 is 12.3 Å². The molecule has 50 heavy (non-hydrogen) atoms. The number of esters is 1. The number of hydrogen-bond donors (Lipinski definition) is 6. The second kappa shape index (κ2) is 13.4. The lowest BCUT2D eigenvalue weighted by molar-refractivity contribution is -0.346. The molecule has 0 bridgehead atoms. The fourth-order valence-corrected chi connectivity index (χ4v) is 11.5. The van der Waals surface area contributed by atoms with E-state index in [0.29, 0.717) is 44.9 Å². The van der Waals surface area contributed by atoms with Crippen LogP contribution in [-0.2, 0) is 38.0 Å². The molecule has 14 heteroatoms. The minimum atomic E-state index is -1.58. The summed E-state index contributed by atoms with van der Waals surface area (Å²) >= 11 is 0. The molecule has 6 N–H and O–H groups in total. The number of rotatable bonds is 8. The number of fused-ring (bicyclic) bond motifs is 5. The molecule has 0 amide bonds. The van der Waals surface area contributed by atoms with Gasteiger partial charge in [-0.3, -0.25) is 0 Å². The summed E-state index contributed by atoms with van der Waals surface area (Å²) in [5, 5.41) is 65.3. The first-order valence-corrected chi connectivity index (χ1v) is 18.3. The van der Waals surface area contributed by atoms with Gasteiger partial charge in [0.25, 0.3) is 0 Å². The molecule has 0 aromatic carbocycles. The Labute approximate surface area is 292 Å². The van der Waals surface area contributed by atoms with E-state index in [-0.39, 0.29) is 43.2 Å². The Balaban J connectivity index is 1.01. The molecule has 7 aliphatic rings. The van der Waals surface area contributed by atoms with Crippen LogP contribution in [0.3, 0.4) is 0 Å².